The van der Waals surface area contributed by atoms with Gasteiger partial charge in [-0.1, -0.05) is 115 Å². The molecule has 0 aliphatic carbocycles. The number of nitrogens with zero attached hydrogens (tertiary/aromatic N) is 1. The number of hydrogen-bond acceptors (Lipinski definition) is 4. The van der Waals surface area contributed by atoms with Crippen molar-refractivity contribution >= 4 is 5.69 Å². The van der Waals surface area contributed by atoms with Gasteiger partial charge in [0.2, 0.25) is 0 Å². The Hall–Kier alpha value is -3.34. The number of nitro benzene ring substituents is 1. The van der Waals surface area contributed by atoms with E-state index < -0.39 is 4.92 Å². The molecule has 0 saturated heterocycles. The fourth-order valence-electron chi connectivity index (χ4n) is 4.14. The van der Waals surface area contributed by atoms with Crippen molar-refractivity contribution in [1.82, 2.24) is 0 Å². The fourth-order valence-corrected chi connectivity index (χ4v) is 4.14. The molecule has 0 aromatic heterocycles. The van der Waals surface area contributed by atoms with Crippen LogP contribution in [0.25, 0.3) is 22.3 Å². The largest absolute Gasteiger partial charge is 0.494 e. The Balaban J connectivity index is 0.00000161. The number of rotatable bonds is 15. The Morgan fingerprint density at radius 3 is 1.63 bits per heavy atom. The van der Waals surface area contributed by atoms with Gasteiger partial charge < -0.3 is 9.47 Å². The lowest BCUT2D eigenvalue weighted by Gasteiger charge is -2.09. The molecule has 0 saturated carbocycles. The molecule has 5 nitrogen and oxygen atoms in total. The topological polar surface area (TPSA) is 61.6 Å². The Labute approximate surface area is 229 Å². The summed E-state index contributed by atoms with van der Waals surface area (Å²) in [5.74, 6) is 1.19. The summed E-state index contributed by atoms with van der Waals surface area (Å²) in [6.45, 7) is 9.46. The average molecular weight is 520 g/mol. The first kappa shape index (κ1) is 30.9. The maximum absolute atomic E-state index is 11.4. The van der Waals surface area contributed by atoms with Crippen LogP contribution in [0.4, 0.5) is 5.69 Å². The van der Waals surface area contributed by atoms with Crippen molar-refractivity contribution < 1.29 is 14.4 Å². The van der Waals surface area contributed by atoms with E-state index in [1.807, 2.05) is 49.4 Å². The van der Waals surface area contributed by atoms with Crippen LogP contribution in [-0.4, -0.2) is 18.1 Å². The Morgan fingerprint density at radius 2 is 1.11 bits per heavy atom. The number of nitro groups is 1. The second kappa shape index (κ2) is 18.0. The molecule has 0 fully saturated rings. The van der Waals surface area contributed by atoms with Gasteiger partial charge in [0.25, 0.3) is 0 Å². The van der Waals surface area contributed by atoms with Crippen molar-refractivity contribution in [1.29, 1.82) is 0 Å². The van der Waals surface area contributed by atoms with E-state index in [9.17, 15) is 10.1 Å². The van der Waals surface area contributed by atoms with Gasteiger partial charge in [-0.3, -0.25) is 10.1 Å². The third-order valence-electron chi connectivity index (χ3n) is 6.13. The van der Waals surface area contributed by atoms with Gasteiger partial charge in [-0.25, -0.2) is 0 Å². The maximum atomic E-state index is 11.4. The number of unbranched alkanes of at least 4 members (excludes halogenated alkanes) is 7. The third kappa shape index (κ3) is 10.6. The highest BCUT2D eigenvalue weighted by atomic mass is 16.6. The van der Waals surface area contributed by atoms with Gasteiger partial charge in [0, 0.05) is 6.07 Å². The van der Waals surface area contributed by atoms with Gasteiger partial charge in [0.1, 0.15) is 5.75 Å². The van der Waals surface area contributed by atoms with Gasteiger partial charge >= 0.3 is 5.69 Å². The van der Waals surface area contributed by atoms with Crippen molar-refractivity contribution in [3.05, 3.63) is 76.8 Å². The maximum Gasteiger partial charge on any atom is 0.311 e. The SMILES string of the molecule is CCC.CCCCCCCCCCOc1ccc(-c2ccc(-c3ccc(OCC)c([N+](=O)[O-])c3)cc2)cc1. The first-order chi connectivity index (χ1) is 18.5. The molecule has 0 heterocycles. The predicted molar refractivity (Wildman–Crippen MR) is 159 cm³/mol. The van der Waals surface area contributed by atoms with Crippen LogP contribution >= 0.6 is 0 Å². The molecule has 5 heteroatoms. The van der Waals surface area contributed by atoms with E-state index in [1.165, 1.54) is 51.4 Å². The molecule has 3 aromatic rings. The van der Waals surface area contributed by atoms with Gasteiger partial charge in [-0.15, -0.1) is 0 Å². The van der Waals surface area contributed by atoms with Crippen molar-refractivity contribution in [2.24, 2.45) is 0 Å². The molecular formula is C33H45NO4. The average Bonchev–Trinajstić information content (AvgIpc) is 2.93. The minimum absolute atomic E-state index is 0.0176. The van der Waals surface area contributed by atoms with Gasteiger partial charge in [-0.2, -0.15) is 0 Å². The van der Waals surface area contributed by atoms with E-state index in [0.29, 0.717) is 12.4 Å². The van der Waals surface area contributed by atoms with E-state index in [0.717, 1.165) is 41.0 Å². The molecule has 0 spiro atoms. The summed E-state index contributed by atoms with van der Waals surface area (Å²) in [5, 5.41) is 11.4. The van der Waals surface area contributed by atoms with E-state index in [4.69, 9.17) is 9.47 Å². The lowest BCUT2D eigenvalue weighted by atomic mass is 10.00. The summed E-state index contributed by atoms with van der Waals surface area (Å²) in [7, 11) is 0. The van der Waals surface area contributed by atoms with E-state index in [-0.39, 0.29) is 5.69 Å². The standard InChI is InChI=1S/C30H37NO4.C3H8/c1-3-5-6-7-8-9-10-11-22-35-28-19-16-25(17-20-28)24-12-14-26(15-13-24)27-18-21-30(34-4-2)29(23-27)31(32)33;1-3-2/h12-21,23H,3-11,22H2,1-2H3;3H2,1-2H3. The highest BCUT2D eigenvalue weighted by Gasteiger charge is 2.16. The zero-order valence-electron chi connectivity index (χ0n) is 23.7. The number of ether oxygens (including phenoxy) is 2. The van der Waals surface area contributed by atoms with Crippen LogP contribution in [0.3, 0.4) is 0 Å². The lowest BCUT2D eigenvalue weighted by molar-refractivity contribution is -0.385. The lowest BCUT2D eigenvalue weighted by Crippen LogP contribution is -1.97. The molecule has 38 heavy (non-hydrogen) atoms. The van der Waals surface area contributed by atoms with E-state index in [1.54, 1.807) is 12.1 Å². The monoisotopic (exact) mass is 519 g/mol. The van der Waals surface area contributed by atoms with Crippen LogP contribution in [0.5, 0.6) is 11.5 Å². The molecule has 0 amide bonds. The van der Waals surface area contributed by atoms with Crippen molar-refractivity contribution in [3.8, 4) is 33.8 Å². The first-order valence-corrected chi connectivity index (χ1v) is 14.3. The minimum atomic E-state index is -0.402. The van der Waals surface area contributed by atoms with Crippen LogP contribution in [-0.2, 0) is 0 Å². The molecule has 0 bridgehead atoms. The van der Waals surface area contributed by atoms with E-state index in [2.05, 4.69) is 32.9 Å². The molecular weight excluding hydrogens is 474 g/mol. The molecule has 0 unspecified atom stereocenters. The molecule has 0 atom stereocenters. The van der Waals surface area contributed by atoms with Crippen molar-refractivity contribution in [2.75, 3.05) is 13.2 Å². The zero-order valence-corrected chi connectivity index (χ0v) is 23.7. The van der Waals surface area contributed by atoms with E-state index >= 15 is 0 Å². The Morgan fingerprint density at radius 1 is 0.632 bits per heavy atom. The smallest absolute Gasteiger partial charge is 0.311 e. The molecule has 206 valence electrons. The van der Waals surface area contributed by atoms with Crippen LogP contribution in [0.1, 0.15) is 85.5 Å². The third-order valence-corrected chi connectivity index (χ3v) is 6.13. The summed E-state index contributed by atoms with van der Waals surface area (Å²) in [6, 6.07) is 21.3. The van der Waals surface area contributed by atoms with Gasteiger partial charge in [-0.05, 0) is 53.8 Å². The van der Waals surface area contributed by atoms with Crippen molar-refractivity contribution in [3.63, 3.8) is 0 Å². The summed E-state index contributed by atoms with van der Waals surface area (Å²) in [6.07, 6.45) is 11.6. The fraction of sp³-hybridized carbons (Fsp3) is 0.455. The van der Waals surface area contributed by atoms with Crippen LogP contribution < -0.4 is 9.47 Å². The zero-order chi connectivity index (χ0) is 27.6. The first-order valence-electron chi connectivity index (χ1n) is 14.3. The van der Waals surface area contributed by atoms with Crippen molar-refractivity contribution in [2.45, 2.75) is 85.5 Å². The van der Waals surface area contributed by atoms with Crippen LogP contribution in [0, 0.1) is 10.1 Å². The molecule has 0 aliphatic heterocycles. The highest BCUT2D eigenvalue weighted by molar-refractivity contribution is 5.73. The normalized spacial score (nSPS) is 10.4. The highest BCUT2D eigenvalue weighted by Crippen LogP contribution is 2.33. The predicted octanol–water partition coefficient (Wildman–Crippen LogP) is 10.3. The molecule has 0 radical (unpaired) electrons. The second-order valence-corrected chi connectivity index (χ2v) is 9.50. The Bertz CT molecular complexity index is 1060. The molecule has 3 rings (SSSR count). The summed E-state index contributed by atoms with van der Waals surface area (Å²) < 4.78 is 11.3. The molecule has 0 aliphatic rings. The second-order valence-electron chi connectivity index (χ2n) is 9.50. The van der Waals surface area contributed by atoms with Gasteiger partial charge in [0.05, 0.1) is 18.1 Å². The van der Waals surface area contributed by atoms with Crippen LogP contribution in [0.15, 0.2) is 66.7 Å². The Kier molecular flexibility index (Phi) is 14.6. The quantitative estimate of drug-likeness (QED) is 0.114. The summed E-state index contributed by atoms with van der Waals surface area (Å²) >= 11 is 0. The summed E-state index contributed by atoms with van der Waals surface area (Å²) in [4.78, 5) is 11.0. The summed E-state index contributed by atoms with van der Waals surface area (Å²) in [5.41, 5.74) is 3.88. The van der Waals surface area contributed by atoms with Crippen LogP contribution in [0.2, 0.25) is 0 Å². The minimum Gasteiger partial charge on any atom is -0.494 e. The number of hydrogen-bond donors (Lipinski definition) is 0. The number of benzene rings is 3. The molecule has 3 aromatic carbocycles. The van der Waals surface area contributed by atoms with Gasteiger partial charge in [0.15, 0.2) is 5.75 Å². The molecule has 0 N–H and O–H groups in total.